The van der Waals surface area contributed by atoms with E-state index in [4.69, 9.17) is 0 Å². The van der Waals surface area contributed by atoms with Crippen LogP contribution in [0, 0.1) is 13.8 Å². The van der Waals surface area contributed by atoms with Gasteiger partial charge in [0.1, 0.15) is 24.5 Å². The highest BCUT2D eigenvalue weighted by Crippen LogP contribution is 2.38. The van der Waals surface area contributed by atoms with Crippen molar-refractivity contribution in [1.82, 2.24) is 0 Å². The van der Waals surface area contributed by atoms with Crippen molar-refractivity contribution >= 4 is 28.5 Å². The van der Waals surface area contributed by atoms with Gasteiger partial charge in [-0.05, 0) is 48.1 Å². The van der Waals surface area contributed by atoms with Crippen LogP contribution in [0.25, 0.3) is 10.8 Å². The van der Waals surface area contributed by atoms with Crippen LogP contribution in [0.2, 0.25) is 0 Å². The van der Waals surface area contributed by atoms with Gasteiger partial charge in [0.2, 0.25) is 6.34 Å². The number of rotatable bonds is 4. The molecule has 1 aliphatic heterocycles. The van der Waals surface area contributed by atoms with E-state index < -0.39 is 0 Å². The summed E-state index contributed by atoms with van der Waals surface area (Å²) in [6, 6.07) is 30.7. The molecule has 0 bridgehead atoms. The van der Waals surface area contributed by atoms with E-state index in [9.17, 15) is 0 Å². The molecule has 1 heterocycles. The van der Waals surface area contributed by atoms with Crippen LogP contribution in [0.1, 0.15) is 22.3 Å². The number of hydrogen-bond donors (Lipinski definition) is 0. The van der Waals surface area contributed by atoms with Gasteiger partial charge in [0, 0.05) is 0 Å². The molecule has 4 aromatic rings. The monoisotopic (exact) mass is 377 g/mol. The molecule has 0 saturated carbocycles. The Morgan fingerprint density at radius 3 is 2.41 bits per heavy atom. The predicted octanol–water partition coefficient (Wildman–Crippen LogP) is 6.35. The van der Waals surface area contributed by atoms with Gasteiger partial charge in [-0.2, -0.15) is 0 Å². The third-order valence-electron chi connectivity index (χ3n) is 5.80. The summed E-state index contributed by atoms with van der Waals surface area (Å²) in [4.78, 5) is 2.40. The lowest BCUT2D eigenvalue weighted by Crippen LogP contribution is -2.29. The molecule has 0 spiro atoms. The Kier molecular flexibility index (Phi) is 4.40. The Labute approximate surface area is 172 Å². The minimum absolute atomic E-state index is 0.861. The highest BCUT2D eigenvalue weighted by molar-refractivity contribution is 6.06. The maximum Gasteiger partial charge on any atom is 0.245 e. The Balaban J connectivity index is 1.63. The minimum Gasteiger partial charge on any atom is -0.229 e. The normalized spacial score (nSPS) is 12.9. The molecule has 5 rings (SSSR count). The summed E-state index contributed by atoms with van der Waals surface area (Å²) in [5.74, 6) is 0. The molecule has 1 aliphatic rings. The fraction of sp³-hybridized carbons (Fsp3) is 0.148. The quantitative estimate of drug-likeness (QED) is 0.376. The Morgan fingerprint density at radius 2 is 1.59 bits per heavy atom. The number of hydrogen-bond acceptors (Lipinski definition) is 1. The molecule has 0 amide bonds. The molecule has 0 unspecified atom stereocenters. The highest BCUT2D eigenvalue weighted by atomic mass is 15.2. The molecule has 0 radical (unpaired) electrons. The number of nitrogens with zero attached hydrogens (tertiary/aromatic N) is 2. The molecular weight excluding hydrogens is 352 g/mol. The van der Waals surface area contributed by atoms with Crippen LogP contribution in [-0.4, -0.2) is 10.9 Å². The molecule has 0 N–H and O–H groups in total. The second-order valence-corrected chi connectivity index (χ2v) is 7.94. The standard InChI is InChI=1S/C27H25N2/c1-20-8-5-10-22(16-20)17-28-19-29(18-24-11-4-3-9-21(24)2)26-15-7-13-23-12-6-14-25(28)27(23)26/h3-16,19H,17-18H2,1-2H3/q+1. The van der Waals surface area contributed by atoms with E-state index in [0.717, 1.165) is 13.1 Å². The van der Waals surface area contributed by atoms with Crippen molar-refractivity contribution < 1.29 is 4.58 Å². The van der Waals surface area contributed by atoms with Crippen LogP contribution in [0.4, 0.5) is 11.4 Å². The van der Waals surface area contributed by atoms with Gasteiger partial charge in [0.25, 0.3) is 0 Å². The van der Waals surface area contributed by atoms with Crippen molar-refractivity contribution in [3.05, 3.63) is 107 Å². The molecule has 29 heavy (non-hydrogen) atoms. The lowest BCUT2D eigenvalue weighted by molar-refractivity contribution is -0.453. The van der Waals surface area contributed by atoms with Crippen molar-refractivity contribution in [2.75, 3.05) is 4.90 Å². The van der Waals surface area contributed by atoms with Gasteiger partial charge < -0.3 is 0 Å². The van der Waals surface area contributed by atoms with E-state index in [0.29, 0.717) is 0 Å². The van der Waals surface area contributed by atoms with Gasteiger partial charge >= 0.3 is 0 Å². The highest BCUT2D eigenvalue weighted by Gasteiger charge is 2.26. The van der Waals surface area contributed by atoms with Crippen LogP contribution < -0.4 is 4.90 Å². The predicted molar refractivity (Wildman–Crippen MR) is 122 cm³/mol. The van der Waals surface area contributed by atoms with E-state index in [1.54, 1.807) is 0 Å². The van der Waals surface area contributed by atoms with Gasteiger partial charge in [-0.15, -0.1) is 0 Å². The smallest absolute Gasteiger partial charge is 0.229 e. The third-order valence-corrected chi connectivity index (χ3v) is 5.80. The van der Waals surface area contributed by atoms with Crippen LogP contribution in [0.15, 0.2) is 84.9 Å². The zero-order valence-corrected chi connectivity index (χ0v) is 17.0. The molecule has 142 valence electrons. The van der Waals surface area contributed by atoms with Crippen molar-refractivity contribution in [1.29, 1.82) is 0 Å². The van der Waals surface area contributed by atoms with Crippen molar-refractivity contribution in [2.24, 2.45) is 0 Å². The van der Waals surface area contributed by atoms with Gasteiger partial charge in [0.15, 0.2) is 0 Å². The van der Waals surface area contributed by atoms with E-state index in [-0.39, 0.29) is 0 Å². The maximum absolute atomic E-state index is 2.40. The fourth-order valence-electron chi connectivity index (χ4n) is 4.30. The molecule has 0 aromatic heterocycles. The summed E-state index contributed by atoms with van der Waals surface area (Å²) in [7, 11) is 0. The maximum atomic E-state index is 2.40. The first kappa shape index (κ1) is 17.7. The van der Waals surface area contributed by atoms with E-state index >= 15 is 0 Å². The van der Waals surface area contributed by atoms with Crippen LogP contribution in [0.5, 0.6) is 0 Å². The topological polar surface area (TPSA) is 6.25 Å². The van der Waals surface area contributed by atoms with Gasteiger partial charge in [0.05, 0.1) is 5.39 Å². The molecule has 4 aromatic carbocycles. The Bertz CT molecular complexity index is 1230. The van der Waals surface area contributed by atoms with Crippen molar-refractivity contribution in [3.8, 4) is 0 Å². The van der Waals surface area contributed by atoms with Crippen LogP contribution >= 0.6 is 0 Å². The minimum atomic E-state index is 0.861. The SMILES string of the molecule is Cc1cccc(C[N+]2=CN(Cc3ccccc3C)c3cccc4cccc2c34)c1. The lowest BCUT2D eigenvalue weighted by Gasteiger charge is -2.24. The lowest BCUT2D eigenvalue weighted by atomic mass is 10.0. The van der Waals surface area contributed by atoms with Crippen LogP contribution in [-0.2, 0) is 13.1 Å². The summed E-state index contributed by atoms with van der Waals surface area (Å²) in [5, 5.41) is 2.62. The van der Waals surface area contributed by atoms with Gasteiger partial charge in [-0.25, -0.2) is 9.48 Å². The van der Waals surface area contributed by atoms with Gasteiger partial charge in [-0.1, -0.05) is 78.4 Å². The second-order valence-electron chi connectivity index (χ2n) is 7.94. The third kappa shape index (κ3) is 3.31. The van der Waals surface area contributed by atoms with Crippen molar-refractivity contribution in [2.45, 2.75) is 26.9 Å². The largest absolute Gasteiger partial charge is 0.245 e. The summed E-state index contributed by atoms with van der Waals surface area (Å²) in [6.07, 6.45) is 2.28. The first-order chi connectivity index (χ1) is 14.2. The Morgan fingerprint density at radius 1 is 0.793 bits per heavy atom. The average molecular weight is 378 g/mol. The second kappa shape index (κ2) is 7.21. The number of anilines is 1. The molecule has 0 saturated heterocycles. The number of aryl methyl sites for hydroxylation is 2. The molecular formula is C27H25N2+. The summed E-state index contributed by atoms with van der Waals surface area (Å²) in [6.45, 7) is 6.08. The summed E-state index contributed by atoms with van der Waals surface area (Å²) in [5.41, 5.74) is 7.87. The summed E-state index contributed by atoms with van der Waals surface area (Å²) >= 11 is 0. The summed E-state index contributed by atoms with van der Waals surface area (Å²) < 4.78 is 2.39. The molecule has 0 atom stereocenters. The average Bonchev–Trinajstić information content (AvgIpc) is 2.73. The zero-order valence-electron chi connectivity index (χ0n) is 17.0. The van der Waals surface area contributed by atoms with E-state index in [1.807, 2.05) is 0 Å². The first-order valence-electron chi connectivity index (χ1n) is 10.2. The first-order valence-corrected chi connectivity index (χ1v) is 10.2. The zero-order chi connectivity index (χ0) is 19.8. The molecule has 0 aliphatic carbocycles. The van der Waals surface area contributed by atoms with Crippen molar-refractivity contribution in [3.63, 3.8) is 0 Å². The van der Waals surface area contributed by atoms with Crippen LogP contribution in [0.3, 0.4) is 0 Å². The molecule has 0 fully saturated rings. The Hall–Kier alpha value is -3.39. The fourth-order valence-corrected chi connectivity index (χ4v) is 4.30. The van der Waals surface area contributed by atoms with Gasteiger partial charge in [-0.3, -0.25) is 0 Å². The number of benzene rings is 4. The molecule has 2 nitrogen and oxygen atoms in total. The van der Waals surface area contributed by atoms with E-state index in [2.05, 4.69) is 115 Å². The van der Waals surface area contributed by atoms with E-state index in [1.165, 1.54) is 44.4 Å². The molecule has 2 heteroatoms.